The van der Waals surface area contributed by atoms with Gasteiger partial charge in [0.1, 0.15) is 0 Å². The number of hydrogen-bond donors (Lipinski definition) is 0. The van der Waals surface area contributed by atoms with Crippen molar-refractivity contribution in [3.63, 3.8) is 0 Å². The second-order valence-corrected chi connectivity index (χ2v) is 11.8. The lowest BCUT2D eigenvalue weighted by atomic mass is 9.53. The molecular weight excluding hydrogens is 466 g/mol. The van der Waals surface area contributed by atoms with E-state index in [1.54, 1.807) is 0 Å². The lowest BCUT2D eigenvalue weighted by molar-refractivity contribution is -0.120. The zero-order chi connectivity index (χ0) is 25.5. The molecule has 8 nitrogen and oxygen atoms in total. The van der Waals surface area contributed by atoms with Crippen molar-refractivity contribution in [3.8, 4) is 11.5 Å². The topological polar surface area (TPSA) is 98.1 Å². The van der Waals surface area contributed by atoms with Crippen molar-refractivity contribution in [3.05, 3.63) is 41.8 Å². The molecule has 0 N–H and O–H groups in total. The number of fused-ring (bicyclic) bond motifs is 3. The van der Waals surface area contributed by atoms with Gasteiger partial charge in [0.05, 0.1) is 0 Å². The molecule has 0 atom stereocenters. The number of aromatic nitrogens is 4. The summed E-state index contributed by atoms with van der Waals surface area (Å²) in [6.45, 7) is 4.46. The van der Waals surface area contributed by atoms with Crippen LogP contribution in [0.15, 0.2) is 33.3 Å². The van der Waals surface area contributed by atoms with E-state index in [0.29, 0.717) is 29.9 Å². The molecule has 0 radical (unpaired) electrons. The van der Waals surface area contributed by atoms with Crippen LogP contribution in [0.4, 0.5) is 5.69 Å². The highest BCUT2D eigenvalue weighted by Crippen LogP contribution is 2.58. The van der Waals surface area contributed by atoms with Gasteiger partial charge in [-0.3, -0.25) is 4.79 Å². The fourth-order valence-electron chi connectivity index (χ4n) is 6.96. The third-order valence-electron chi connectivity index (χ3n) is 9.30. The number of rotatable bonds is 7. The van der Waals surface area contributed by atoms with Gasteiger partial charge in [0, 0.05) is 29.6 Å². The van der Waals surface area contributed by atoms with E-state index in [1.165, 1.54) is 19.3 Å². The summed E-state index contributed by atoms with van der Waals surface area (Å²) in [6, 6.07) is 8.06. The maximum absolute atomic E-state index is 13.9. The molecule has 0 unspecified atom stereocenters. The quantitative estimate of drug-likeness (QED) is 0.371. The average molecular weight is 504 g/mol. The summed E-state index contributed by atoms with van der Waals surface area (Å²) in [4.78, 5) is 25.0. The van der Waals surface area contributed by atoms with E-state index in [1.807, 2.05) is 32.0 Å². The first-order valence-corrected chi connectivity index (χ1v) is 14.0. The minimum absolute atomic E-state index is 0.00960. The molecule has 8 heteroatoms. The zero-order valence-corrected chi connectivity index (χ0v) is 22.0. The molecule has 4 aliphatic carbocycles. The Morgan fingerprint density at radius 2 is 1.65 bits per heavy atom. The molecule has 4 fully saturated rings. The van der Waals surface area contributed by atoms with Gasteiger partial charge < -0.3 is 13.9 Å². The van der Waals surface area contributed by atoms with E-state index in [9.17, 15) is 4.79 Å². The number of hydrogen-bond acceptors (Lipinski definition) is 7. The Morgan fingerprint density at radius 3 is 2.30 bits per heavy atom. The number of aryl methyl sites for hydroxylation is 2. The van der Waals surface area contributed by atoms with Crippen LogP contribution in [0.25, 0.3) is 11.5 Å². The molecule has 196 valence electrons. The molecule has 1 amide bonds. The number of benzene rings is 1. The predicted molar refractivity (Wildman–Crippen MR) is 139 cm³/mol. The monoisotopic (exact) mass is 503 g/mol. The maximum atomic E-state index is 13.9. The van der Waals surface area contributed by atoms with E-state index >= 15 is 0 Å². The molecule has 1 aromatic carbocycles. The Labute approximate surface area is 218 Å². The summed E-state index contributed by atoms with van der Waals surface area (Å²) >= 11 is 0. The molecule has 3 aromatic rings. The van der Waals surface area contributed by atoms with Gasteiger partial charge in [-0.1, -0.05) is 35.6 Å². The van der Waals surface area contributed by atoms with Crippen molar-refractivity contribution in [2.45, 2.75) is 96.3 Å². The van der Waals surface area contributed by atoms with Crippen LogP contribution in [0, 0.1) is 25.2 Å². The lowest BCUT2D eigenvalue weighted by Gasteiger charge is -2.53. The fraction of sp³-hybridized carbons (Fsp3) is 0.621. The molecule has 0 aliphatic heterocycles. The Balaban J connectivity index is 1.26. The van der Waals surface area contributed by atoms with Gasteiger partial charge in [-0.05, 0) is 94.7 Å². The first-order valence-electron chi connectivity index (χ1n) is 14.0. The van der Waals surface area contributed by atoms with E-state index < -0.39 is 0 Å². The van der Waals surface area contributed by atoms with Gasteiger partial charge in [-0.15, -0.1) is 0 Å². The summed E-state index contributed by atoms with van der Waals surface area (Å²) in [5.41, 5.74) is 1.91. The number of carbonyl (C=O) groups excluding carboxylic acids is 1. The second-order valence-electron chi connectivity index (χ2n) is 11.8. The summed E-state index contributed by atoms with van der Waals surface area (Å²) in [6.07, 6.45) is 13.1. The molecule has 7 rings (SSSR count). The second kappa shape index (κ2) is 9.69. The molecule has 4 aliphatic rings. The molecule has 0 spiro atoms. The van der Waals surface area contributed by atoms with Crippen molar-refractivity contribution in [2.75, 3.05) is 11.4 Å². The highest BCUT2D eigenvalue weighted by Gasteiger charge is 2.53. The van der Waals surface area contributed by atoms with Crippen molar-refractivity contribution in [1.82, 2.24) is 20.3 Å². The number of anilines is 1. The largest absolute Gasteiger partial charge is 0.339 e. The van der Waals surface area contributed by atoms with Crippen LogP contribution in [-0.4, -0.2) is 32.7 Å². The molecule has 37 heavy (non-hydrogen) atoms. The zero-order valence-electron chi connectivity index (χ0n) is 22.0. The number of nitrogens with zero attached hydrogens (tertiary/aromatic N) is 5. The normalized spacial score (nSPS) is 25.9. The smallest absolute Gasteiger partial charge is 0.257 e. The van der Waals surface area contributed by atoms with Crippen molar-refractivity contribution in [1.29, 1.82) is 0 Å². The highest BCUT2D eigenvalue weighted by atomic mass is 16.5. The van der Waals surface area contributed by atoms with Gasteiger partial charge in [0.2, 0.25) is 11.8 Å². The predicted octanol–water partition coefficient (Wildman–Crippen LogP) is 6.33. The minimum atomic E-state index is 0.00960. The summed E-state index contributed by atoms with van der Waals surface area (Å²) in [5, 5.41) is 8.02. The van der Waals surface area contributed by atoms with Gasteiger partial charge in [0.15, 0.2) is 11.6 Å². The third-order valence-corrected chi connectivity index (χ3v) is 9.30. The van der Waals surface area contributed by atoms with E-state index in [2.05, 4.69) is 31.2 Å². The minimum Gasteiger partial charge on any atom is -0.339 e. The Hall–Kier alpha value is -3.03. The third kappa shape index (κ3) is 4.82. The molecule has 2 heterocycles. The molecule has 2 bridgehead atoms. The molecule has 2 aromatic heterocycles. The summed E-state index contributed by atoms with van der Waals surface area (Å²) in [5.74, 6) is 3.36. The fourth-order valence-corrected chi connectivity index (χ4v) is 6.96. The van der Waals surface area contributed by atoms with Gasteiger partial charge in [-0.2, -0.15) is 9.97 Å². The van der Waals surface area contributed by atoms with E-state index in [0.717, 1.165) is 75.1 Å². The van der Waals surface area contributed by atoms with Crippen LogP contribution in [0.1, 0.15) is 94.6 Å². The number of amides is 1. The van der Waals surface area contributed by atoms with Crippen LogP contribution in [0.5, 0.6) is 0 Å². The Kier molecular flexibility index (Phi) is 6.37. The maximum Gasteiger partial charge on any atom is 0.257 e. The first kappa shape index (κ1) is 24.3. The van der Waals surface area contributed by atoms with Crippen LogP contribution >= 0.6 is 0 Å². The van der Waals surface area contributed by atoms with Crippen molar-refractivity contribution >= 4 is 11.6 Å². The van der Waals surface area contributed by atoms with E-state index in [-0.39, 0.29) is 16.7 Å². The Bertz CT molecular complexity index is 1230. The lowest BCUT2D eigenvalue weighted by Crippen LogP contribution is -2.51. The molecular formula is C29H37N5O3. The van der Waals surface area contributed by atoms with Crippen molar-refractivity contribution in [2.24, 2.45) is 11.3 Å². The van der Waals surface area contributed by atoms with Crippen molar-refractivity contribution < 1.29 is 13.8 Å². The number of carbonyl (C=O) groups is 1. The van der Waals surface area contributed by atoms with E-state index in [4.69, 9.17) is 9.05 Å². The highest BCUT2D eigenvalue weighted by molar-refractivity contribution is 5.94. The van der Waals surface area contributed by atoms with Crippen LogP contribution < -0.4 is 4.90 Å². The van der Waals surface area contributed by atoms with Gasteiger partial charge >= 0.3 is 0 Å². The first-order chi connectivity index (χ1) is 17.9. The van der Waals surface area contributed by atoms with Crippen LogP contribution in [0.2, 0.25) is 0 Å². The molecule has 0 saturated heterocycles. The van der Waals surface area contributed by atoms with Crippen LogP contribution in [-0.2, 0) is 10.2 Å². The Morgan fingerprint density at radius 1 is 0.946 bits per heavy atom. The van der Waals surface area contributed by atoms with Gasteiger partial charge in [0.25, 0.3) is 5.89 Å². The summed E-state index contributed by atoms with van der Waals surface area (Å²) < 4.78 is 11.1. The average Bonchev–Trinajstić information content (AvgIpc) is 3.58. The standard InChI is InChI=1S/C29H37N5O3/c1-20-30-26(36-32-20)23-9-6-10-24(18-23)34(25(35)17-22-7-4-3-5-8-22)19-28-11-14-29(15-12-28,16-13-28)27-31-21(2)33-37-27/h6,9-10,18,22H,3-5,7-8,11-17,19H2,1-2H3. The van der Waals surface area contributed by atoms with Crippen LogP contribution in [0.3, 0.4) is 0 Å². The summed E-state index contributed by atoms with van der Waals surface area (Å²) in [7, 11) is 0. The molecule has 4 saturated carbocycles. The SMILES string of the molecule is Cc1noc(-c2cccc(N(CC34CCC(c5nc(C)no5)(CC3)CC4)C(=O)CC3CCCCC3)c2)n1. The van der Waals surface area contributed by atoms with Gasteiger partial charge in [-0.25, -0.2) is 0 Å².